The highest BCUT2D eigenvalue weighted by Crippen LogP contribution is 2.15. The maximum Gasteiger partial charge on any atom is 0.221 e. The van der Waals surface area contributed by atoms with Crippen molar-refractivity contribution in [2.75, 3.05) is 31.7 Å². The van der Waals surface area contributed by atoms with Gasteiger partial charge in [-0.15, -0.1) is 0 Å². The van der Waals surface area contributed by atoms with Gasteiger partial charge >= 0.3 is 0 Å². The van der Waals surface area contributed by atoms with Crippen molar-refractivity contribution >= 4 is 11.6 Å². The molecule has 0 unspecified atom stereocenters. The molecule has 94 valence electrons. The van der Waals surface area contributed by atoms with Crippen LogP contribution >= 0.6 is 0 Å². The molecule has 0 aliphatic heterocycles. The zero-order chi connectivity index (χ0) is 12.5. The molecule has 5 nitrogen and oxygen atoms in total. The normalized spacial score (nSPS) is 10.0. The van der Waals surface area contributed by atoms with Gasteiger partial charge in [0, 0.05) is 19.2 Å². The van der Waals surface area contributed by atoms with E-state index in [1.165, 1.54) is 6.92 Å². The van der Waals surface area contributed by atoms with Gasteiger partial charge < -0.3 is 20.5 Å². The first-order chi connectivity index (χ1) is 8.22. The van der Waals surface area contributed by atoms with Gasteiger partial charge in [0.2, 0.25) is 5.91 Å². The van der Waals surface area contributed by atoms with E-state index in [-0.39, 0.29) is 5.91 Å². The van der Waals surface area contributed by atoms with Crippen LogP contribution in [0.15, 0.2) is 24.3 Å². The van der Waals surface area contributed by atoms with Crippen molar-refractivity contribution in [1.82, 2.24) is 0 Å². The third-order valence-corrected chi connectivity index (χ3v) is 1.93. The highest BCUT2D eigenvalue weighted by atomic mass is 16.5. The van der Waals surface area contributed by atoms with Crippen molar-refractivity contribution < 1.29 is 14.3 Å². The minimum atomic E-state index is -0.0890. The molecule has 0 atom stereocenters. The second kappa shape index (κ2) is 7.65. The molecule has 0 fully saturated rings. The largest absolute Gasteiger partial charge is 0.491 e. The number of benzene rings is 1. The Morgan fingerprint density at radius 3 is 2.53 bits per heavy atom. The molecule has 3 N–H and O–H groups in total. The Labute approximate surface area is 101 Å². The van der Waals surface area contributed by atoms with E-state index in [1.807, 2.05) is 0 Å². The van der Waals surface area contributed by atoms with Gasteiger partial charge in [0.25, 0.3) is 0 Å². The van der Waals surface area contributed by atoms with Crippen molar-refractivity contribution in [2.24, 2.45) is 5.73 Å². The molecule has 0 saturated carbocycles. The molecule has 0 radical (unpaired) electrons. The molecule has 0 spiro atoms. The molecule has 1 aromatic rings. The Morgan fingerprint density at radius 2 is 1.94 bits per heavy atom. The van der Waals surface area contributed by atoms with Gasteiger partial charge in [0.15, 0.2) is 0 Å². The zero-order valence-electron chi connectivity index (χ0n) is 9.94. The van der Waals surface area contributed by atoms with E-state index < -0.39 is 0 Å². The Kier molecular flexibility index (Phi) is 6.06. The average molecular weight is 238 g/mol. The van der Waals surface area contributed by atoms with Gasteiger partial charge in [-0.3, -0.25) is 4.79 Å². The van der Waals surface area contributed by atoms with Gasteiger partial charge in [-0.2, -0.15) is 0 Å². The van der Waals surface area contributed by atoms with E-state index in [4.69, 9.17) is 15.2 Å². The third-order valence-electron chi connectivity index (χ3n) is 1.93. The van der Waals surface area contributed by atoms with Crippen LogP contribution < -0.4 is 15.8 Å². The third kappa shape index (κ3) is 5.89. The summed E-state index contributed by atoms with van der Waals surface area (Å²) < 4.78 is 10.6. The lowest BCUT2D eigenvalue weighted by Crippen LogP contribution is -2.13. The molecule has 0 aromatic heterocycles. The van der Waals surface area contributed by atoms with Crippen LogP contribution in [0.3, 0.4) is 0 Å². The van der Waals surface area contributed by atoms with E-state index in [1.54, 1.807) is 24.3 Å². The number of rotatable bonds is 7. The minimum absolute atomic E-state index is 0.0890. The Hall–Kier alpha value is -1.59. The van der Waals surface area contributed by atoms with Crippen molar-refractivity contribution in [1.29, 1.82) is 0 Å². The molecule has 0 aliphatic rings. The molecule has 1 rings (SSSR count). The monoisotopic (exact) mass is 238 g/mol. The molecule has 17 heavy (non-hydrogen) atoms. The maximum absolute atomic E-state index is 10.8. The lowest BCUT2D eigenvalue weighted by atomic mass is 10.3. The summed E-state index contributed by atoms with van der Waals surface area (Å²) in [4.78, 5) is 10.8. The fourth-order valence-corrected chi connectivity index (χ4v) is 1.24. The summed E-state index contributed by atoms with van der Waals surface area (Å²) in [6.07, 6.45) is 0. The van der Waals surface area contributed by atoms with Crippen molar-refractivity contribution in [3.63, 3.8) is 0 Å². The second-order valence-electron chi connectivity index (χ2n) is 3.46. The highest BCUT2D eigenvalue weighted by molar-refractivity contribution is 5.88. The standard InChI is InChI=1S/C12H18N2O3/c1-10(15)14-11-2-4-12(5-3-11)17-9-8-16-7-6-13/h2-5H,6-9,13H2,1H3,(H,14,15). The molecule has 1 amide bonds. The molecule has 0 heterocycles. The number of hydrogen-bond donors (Lipinski definition) is 2. The number of ether oxygens (including phenoxy) is 2. The summed E-state index contributed by atoms with van der Waals surface area (Å²) >= 11 is 0. The molecular weight excluding hydrogens is 220 g/mol. The number of carbonyl (C=O) groups is 1. The molecule has 1 aromatic carbocycles. The first-order valence-electron chi connectivity index (χ1n) is 5.50. The van der Waals surface area contributed by atoms with Crippen molar-refractivity contribution in [3.05, 3.63) is 24.3 Å². The SMILES string of the molecule is CC(=O)Nc1ccc(OCCOCCN)cc1. The minimum Gasteiger partial charge on any atom is -0.491 e. The van der Waals surface area contributed by atoms with Gasteiger partial charge in [-0.05, 0) is 24.3 Å². The lowest BCUT2D eigenvalue weighted by molar-refractivity contribution is -0.114. The van der Waals surface area contributed by atoms with E-state index in [0.29, 0.717) is 26.4 Å². The second-order valence-corrected chi connectivity index (χ2v) is 3.46. The van der Waals surface area contributed by atoms with E-state index >= 15 is 0 Å². The van der Waals surface area contributed by atoms with Crippen molar-refractivity contribution in [2.45, 2.75) is 6.92 Å². The predicted octanol–water partition coefficient (Wildman–Crippen LogP) is 0.999. The number of carbonyl (C=O) groups excluding carboxylic acids is 1. The summed E-state index contributed by atoms with van der Waals surface area (Å²) in [5, 5.41) is 2.68. The molecule has 0 bridgehead atoms. The van der Waals surface area contributed by atoms with Gasteiger partial charge in [-0.25, -0.2) is 0 Å². The molecule has 0 aliphatic carbocycles. The Balaban J connectivity index is 2.28. The highest BCUT2D eigenvalue weighted by Gasteiger charge is 1.97. The van der Waals surface area contributed by atoms with E-state index in [9.17, 15) is 4.79 Å². The molecular formula is C12H18N2O3. The fraction of sp³-hybridized carbons (Fsp3) is 0.417. The van der Waals surface area contributed by atoms with Crippen LogP contribution in [0.2, 0.25) is 0 Å². The summed E-state index contributed by atoms with van der Waals surface area (Å²) in [5.74, 6) is 0.657. The summed E-state index contributed by atoms with van der Waals surface area (Å²) in [6, 6.07) is 7.18. The fourth-order valence-electron chi connectivity index (χ4n) is 1.24. The van der Waals surface area contributed by atoms with Gasteiger partial charge in [0.05, 0.1) is 13.2 Å². The number of nitrogens with two attached hydrogens (primary N) is 1. The van der Waals surface area contributed by atoms with Crippen LogP contribution in [-0.4, -0.2) is 32.3 Å². The lowest BCUT2D eigenvalue weighted by Gasteiger charge is -2.07. The number of nitrogens with one attached hydrogen (secondary N) is 1. The Morgan fingerprint density at radius 1 is 1.24 bits per heavy atom. The zero-order valence-corrected chi connectivity index (χ0v) is 9.94. The van der Waals surface area contributed by atoms with Gasteiger partial charge in [0.1, 0.15) is 12.4 Å². The van der Waals surface area contributed by atoms with Crippen molar-refractivity contribution in [3.8, 4) is 5.75 Å². The number of anilines is 1. The van der Waals surface area contributed by atoms with Crippen LogP contribution in [0, 0.1) is 0 Å². The topological polar surface area (TPSA) is 73.6 Å². The predicted molar refractivity (Wildman–Crippen MR) is 66.1 cm³/mol. The summed E-state index contributed by atoms with van der Waals surface area (Å²) in [5.41, 5.74) is 6.03. The van der Waals surface area contributed by atoms with Crippen LogP contribution in [0.25, 0.3) is 0 Å². The number of amides is 1. The summed E-state index contributed by atoms with van der Waals surface area (Å²) in [6.45, 7) is 3.54. The quantitative estimate of drug-likeness (QED) is 0.695. The van der Waals surface area contributed by atoms with E-state index in [0.717, 1.165) is 11.4 Å². The van der Waals surface area contributed by atoms with Crippen LogP contribution in [0.5, 0.6) is 5.75 Å². The van der Waals surface area contributed by atoms with E-state index in [2.05, 4.69) is 5.32 Å². The maximum atomic E-state index is 10.8. The van der Waals surface area contributed by atoms with Gasteiger partial charge in [-0.1, -0.05) is 0 Å². The smallest absolute Gasteiger partial charge is 0.221 e. The average Bonchev–Trinajstić information content (AvgIpc) is 2.30. The van der Waals surface area contributed by atoms with Crippen LogP contribution in [0.4, 0.5) is 5.69 Å². The molecule has 0 saturated heterocycles. The molecule has 5 heteroatoms. The summed E-state index contributed by atoms with van der Waals surface area (Å²) in [7, 11) is 0. The van der Waals surface area contributed by atoms with Crippen LogP contribution in [0.1, 0.15) is 6.92 Å². The first kappa shape index (κ1) is 13.5. The van der Waals surface area contributed by atoms with Crippen LogP contribution in [-0.2, 0) is 9.53 Å². The number of hydrogen-bond acceptors (Lipinski definition) is 4. The first-order valence-corrected chi connectivity index (χ1v) is 5.50. The Bertz CT molecular complexity index is 338.